The van der Waals surface area contributed by atoms with Crippen LogP contribution in [0.2, 0.25) is 0 Å². The van der Waals surface area contributed by atoms with E-state index in [-0.39, 0.29) is 5.43 Å². The summed E-state index contributed by atoms with van der Waals surface area (Å²) >= 11 is 0. The largest absolute Gasteiger partial charge is 0.495 e. The summed E-state index contributed by atoms with van der Waals surface area (Å²) in [5, 5.41) is 3.92. The summed E-state index contributed by atoms with van der Waals surface area (Å²) in [5.41, 5.74) is 2.81. The van der Waals surface area contributed by atoms with Crippen molar-refractivity contribution < 1.29 is 4.74 Å². The Kier molecular flexibility index (Phi) is 2.37. The second-order valence-corrected chi connectivity index (χ2v) is 4.22. The third kappa shape index (κ3) is 1.52. The maximum absolute atomic E-state index is 12.3. The van der Waals surface area contributed by atoms with E-state index in [4.69, 9.17) is 4.74 Å². The highest BCUT2D eigenvalue weighted by atomic mass is 16.5. The molecule has 0 saturated heterocycles. The lowest BCUT2D eigenvalue weighted by Gasteiger charge is -2.17. The van der Waals surface area contributed by atoms with Crippen LogP contribution in [0.1, 0.15) is 11.3 Å². The van der Waals surface area contributed by atoms with Gasteiger partial charge in [0.15, 0.2) is 5.43 Å². The standard InChI is InChI=1S/C13H14N2O2/c1-17-11-4-2-3-8-12(11)15-10-5-6-14-7-9(10)13(8)16/h2-4,14H,5-7H2,1H3,(H,15,16). The summed E-state index contributed by atoms with van der Waals surface area (Å²) in [6, 6.07) is 5.55. The molecule has 0 fully saturated rings. The first-order chi connectivity index (χ1) is 8.31. The van der Waals surface area contributed by atoms with E-state index in [1.807, 2.05) is 18.2 Å². The minimum atomic E-state index is 0.111. The summed E-state index contributed by atoms with van der Waals surface area (Å²) in [7, 11) is 1.62. The van der Waals surface area contributed by atoms with Gasteiger partial charge in [0.25, 0.3) is 0 Å². The van der Waals surface area contributed by atoms with Crippen LogP contribution < -0.4 is 15.5 Å². The van der Waals surface area contributed by atoms with Crippen LogP contribution in [0.5, 0.6) is 5.75 Å². The number of fused-ring (bicyclic) bond motifs is 2. The highest BCUT2D eigenvalue weighted by Crippen LogP contribution is 2.23. The van der Waals surface area contributed by atoms with Crippen molar-refractivity contribution in [2.75, 3.05) is 13.7 Å². The molecule has 0 spiro atoms. The normalized spacial score (nSPS) is 14.6. The Morgan fingerprint density at radius 2 is 2.24 bits per heavy atom. The van der Waals surface area contributed by atoms with Gasteiger partial charge in [0.05, 0.1) is 12.6 Å². The number of H-pyrrole nitrogens is 1. The van der Waals surface area contributed by atoms with Gasteiger partial charge < -0.3 is 15.0 Å². The molecule has 0 bridgehead atoms. The van der Waals surface area contributed by atoms with E-state index in [2.05, 4.69) is 10.3 Å². The first kappa shape index (κ1) is 10.4. The molecule has 0 radical (unpaired) electrons. The number of nitrogens with one attached hydrogen (secondary N) is 2. The molecule has 2 N–H and O–H groups in total. The third-order valence-corrected chi connectivity index (χ3v) is 3.26. The van der Waals surface area contributed by atoms with Crippen molar-refractivity contribution in [1.29, 1.82) is 0 Å². The first-order valence-corrected chi connectivity index (χ1v) is 5.72. The number of ether oxygens (including phenoxy) is 1. The number of pyridine rings is 1. The van der Waals surface area contributed by atoms with E-state index in [0.717, 1.165) is 35.5 Å². The van der Waals surface area contributed by atoms with Crippen LogP contribution in [0.25, 0.3) is 10.9 Å². The molecule has 0 amide bonds. The van der Waals surface area contributed by atoms with Crippen molar-refractivity contribution >= 4 is 10.9 Å². The van der Waals surface area contributed by atoms with Crippen LogP contribution in [-0.2, 0) is 13.0 Å². The van der Waals surface area contributed by atoms with E-state index >= 15 is 0 Å². The van der Waals surface area contributed by atoms with E-state index < -0.39 is 0 Å². The Bertz CT molecular complexity index is 631. The van der Waals surface area contributed by atoms with E-state index in [0.29, 0.717) is 11.9 Å². The zero-order valence-corrected chi connectivity index (χ0v) is 9.67. The molecule has 4 heteroatoms. The van der Waals surface area contributed by atoms with Crippen LogP contribution >= 0.6 is 0 Å². The average molecular weight is 230 g/mol. The fourth-order valence-corrected chi connectivity index (χ4v) is 2.37. The molecule has 0 saturated carbocycles. The average Bonchev–Trinajstić information content (AvgIpc) is 2.38. The predicted molar refractivity (Wildman–Crippen MR) is 66.5 cm³/mol. The zero-order valence-electron chi connectivity index (χ0n) is 9.67. The number of benzene rings is 1. The van der Waals surface area contributed by atoms with Crippen molar-refractivity contribution in [3.05, 3.63) is 39.7 Å². The summed E-state index contributed by atoms with van der Waals surface area (Å²) < 4.78 is 5.29. The molecule has 2 heterocycles. The van der Waals surface area contributed by atoms with Gasteiger partial charge >= 0.3 is 0 Å². The number of hydrogen-bond donors (Lipinski definition) is 2. The summed E-state index contributed by atoms with van der Waals surface area (Å²) in [6.07, 6.45) is 0.860. The third-order valence-electron chi connectivity index (χ3n) is 3.26. The summed E-state index contributed by atoms with van der Waals surface area (Å²) in [4.78, 5) is 15.7. The number of aromatic amines is 1. The van der Waals surface area contributed by atoms with E-state index in [1.165, 1.54) is 0 Å². The van der Waals surface area contributed by atoms with Crippen molar-refractivity contribution in [3.63, 3.8) is 0 Å². The first-order valence-electron chi connectivity index (χ1n) is 5.72. The number of hydrogen-bond acceptors (Lipinski definition) is 3. The maximum atomic E-state index is 12.3. The Morgan fingerprint density at radius 1 is 1.35 bits per heavy atom. The monoisotopic (exact) mass is 230 g/mol. The smallest absolute Gasteiger partial charge is 0.194 e. The minimum absolute atomic E-state index is 0.111. The lowest BCUT2D eigenvalue weighted by atomic mass is 10.0. The van der Waals surface area contributed by atoms with Gasteiger partial charge in [0, 0.05) is 36.2 Å². The molecule has 3 rings (SSSR count). The molecule has 17 heavy (non-hydrogen) atoms. The number of rotatable bonds is 1. The SMILES string of the molecule is COc1cccc2c(=O)c3c([nH]c12)CCNC3. The quantitative estimate of drug-likeness (QED) is 0.773. The van der Waals surface area contributed by atoms with Gasteiger partial charge in [0.2, 0.25) is 0 Å². The van der Waals surface area contributed by atoms with Crippen LogP contribution in [0.3, 0.4) is 0 Å². The number of methoxy groups -OCH3 is 1. The number of aromatic nitrogens is 1. The topological polar surface area (TPSA) is 54.1 Å². The molecule has 2 aromatic rings. The Morgan fingerprint density at radius 3 is 3.06 bits per heavy atom. The maximum Gasteiger partial charge on any atom is 0.194 e. The van der Waals surface area contributed by atoms with Gasteiger partial charge in [-0.2, -0.15) is 0 Å². The van der Waals surface area contributed by atoms with Gasteiger partial charge in [-0.15, -0.1) is 0 Å². The lowest BCUT2D eigenvalue weighted by Crippen LogP contribution is -2.30. The number of para-hydroxylation sites is 1. The van der Waals surface area contributed by atoms with Gasteiger partial charge in [0.1, 0.15) is 5.75 Å². The highest BCUT2D eigenvalue weighted by Gasteiger charge is 2.16. The Labute approximate surface area is 98.6 Å². The van der Waals surface area contributed by atoms with Crippen LogP contribution in [0.4, 0.5) is 0 Å². The van der Waals surface area contributed by atoms with Crippen molar-refractivity contribution in [2.45, 2.75) is 13.0 Å². The molecule has 4 nitrogen and oxygen atoms in total. The molecular formula is C13H14N2O2. The van der Waals surface area contributed by atoms with Crippen LogP contribution in [0, 0.1) is 0 Å². The second-order valence-electron chi connectivity index (χ2n) is 4.22. The Hall–Kier alpha value is -1.81. The molecule has 0 aliphatic carbocycles. The van der Waals surface area contributed by atoms with E-state index in [1.54, 1.807) is 7.11 Å². The van der Waals surface area contributed by atoms with Crippen molar-refractivity contribution in [1.82, 2.24) is 10.3 Å². The Balaban J connectivity index is 2.40. The van der Waals surface area contributed by atoms with Crippen molar-refractivity contribution in [3.8, 4) is 5.75 Å². The van der Waals surface area contributed by atoms with Crippen molar-refractivity contribution in [2.24, 2.45) is 0 Å². The summed E-state index contributed by atoms with van der Waals surface area (Å²) in [6.45, 7) is 1.56. The van der Waals surface area contributed by atoms with E-state index in [9.17, 15) is 4.79 Å². The minimum Gasteiger partial charge on any atom is -0.495 e. The van der Waals surface area contributed by atoms with Gasteiger partial charge in [-0.05, 0) is 12.1 Å². The molecule has 1 aromatic carbocycles. The van der Waals surface area contributed by atoms with Gasteiger partial charge in [-0.25, -0.2) is 0 Å². The fourth-order valence-electron chi connectivity index (χ4n) is 2.37. The fraction of sp³-hybridized carbons (Fsp3) is 0.308. The lowest BCUT2D eigenvalue weighted by molar-refractivity contribution is 0.418. The molecule has 88 valence electrons. The molecule has 1 aromatic heterocycles. The molecule has 0 atom stereocenters. The molecule has 1 aliphatic rings. The highest BCUT2D eigenvalue weighted by molar-refractivity contribution is 5.85. The molecule has 1 aliphatic heterocycles. The van der Waals surface area contributed by atoms with Gasteiger partial charge in [-0.1, -0.05) is 6.07 Å². The van der Waals surface area contributed by atoms with Crippen LogP contribution in [-0.4, -0.2) is 18.6 Å². The van der Waals surface area contributed by atoms with Gasteiger partial charge in [-0.3, -0.25) is 4.79 Å². The zero-order chi connectivity index (χ0) is 11.8. The predicted octanol–water partition coefficient (Wildman–Crippen LogP) is 1.18. The molecular weight excluding hydrogens is 216 g/mol. The van der Waals surface area contributed by atoms with Crippen LogP contribution in [0.15, 0.2) is 23.0 Å². The molecule has 0 unspecified atom stereocenters. The summed E-state index contributed by atoms with van der Waals surface area (Å²) in [5.74, 6) is 0.723. The second kappa shape index (κ2) is 3.89.